The van der Waals surface area contributed by atoms with E-state index < -0.39 is 11.6 Å². The third kappa shape index (κ3) is 2.41. The molecule has 0 saturated heterocycles. The van der Waals surface area contributed by atoms with E-state index in [4.69, 9.17) is 14.9 Å². The number of nitrogens with two attached hydrogens (primary N) is 1. The second-order valence-electron chi connectivity index (χ2n) is 4.45. The highest BCUT2D eigenvalue weighted by Crippen LogP contribution is 2.30. The standard InChI is InChI=1S/C15H11NO4S/c1-8-11(19-15(18)12-3-2-6-21-12)5-4-9-10(16)7-13(17)20-14(8)9/h2-7H,16H2,1H3. The normalized spacial score (nSPS) is 10.7. The molecule has 0 amide bonds. The first-order chi connectivity index (χ1) is 10.1. The van der Waals surface area contributed by atoms with Gasteiger partial charge in [-0.3, -0.25) is 0 Å². The molecule has 0 unspecified atom stereocenters. The number of carbonyl (C=O) groups excluding carboxylic acids is 1. The molecule has 106 valence electrons. The molecule has 2 heterocycles. The Balaban J connectivity index is 2.06. The zero-order valence-corrected chi connectivity index (χ0v) is 11.9. The fraction of sp³-hybridized carbons (Fsp3) is 0.0667. The van der Waals surface area contributed by atoms with Crippen molar-refractivity contribution in [1.29, 1.82) is 0 Å². The molecule has 0 aliphatic rings. The fourth-order valence-corrected chi connectivity index (χ4v) is 2.62. The Labute approximate surface area is 123 Å². The van der Waals surface area contributed by atoms with Gasteiger partial charge >= 0.3 is 11.6 Å². The Morgan fingerprint density at radius 1 is 1.33 bits per heavy atom. The van der Waals surface area contributed by atoms with E-state index in [1.807, 2.05) is 0 Å². The maximum Gasteiger partial charge on any atom is 0.353 e. The lowest BCUT2D eigenvalue weighted by Crippen LogP contribution is -2.08. The van der Waals surface area contributed by atoms with E-state index in [1.165, 1.54) is 17.4 Å². The van der Waals surface area contributed by atoms with Crippen molar-refractivity contribution < 1.29 is 13.9 Å². The number of thiophene rings is 1. The van der Waals surface area contributed by atoms with Gasteiger partial charge in [-0.05, 0) is 30.5 Å². The molecule has 0 saturated carbocycles. The van der Waals surface area contributed by atoms with Gasteiger partial charge in [-0.2, -0.15) is 0 Å². The Kier molecular flexibility index (Phi) is 3.23. The second kappa shape index (κ2) is 5.06. The van der Waals surface area contributed by atoms with Crippen LogP contribution >= 0.6 is 11.3 Å². The summed E-state index contributed by atoms with van der Waals surface area (Å²) in [6, 6.07) is 7.98. The molecule has 0 aliphatic carbocycles. The van der Waals surface area contributed by atoms with Gasteiger partial charge in [0.1, 0.15) is 16.2 Å². The van der Waals surface area contributed by atoms with Crippen molar-refractivity contribution >= 4 is 34.0 Å². The van der Waals surface area contributed by atoms with Gasteiger partial charge in [-0.15, -0.1) is 11.3 Å². The average molecular weight is 301 g/mol. The number of anilines is 1. The van der Waals surface area contributed by atoms with Gasteiger partial charge in [0, 0.05) is 22.7 Å². The molecule has 1 aromatic carbocycles. The predicted octanol–water partition coefficient (Wildman–Crippen LogP) is 2.96. The molecule has 3 rings (SSSR count). The maximum atomic E-state index is 12.0. The summed E-state index contributed by atoms with van der Waals surface area (Å²) >= 11 is 1.30. The predicted molar refractivity (Wildman–Crippen MR) is 80.9 cm³/mol. The van der Waals surface area contributed by atoms with Crippen molar-refractivity contribution in [2.75, 3.05) is 5.73 Å². The summed E-state index contributed by atoms with van der Waals surface area (Å²) in [5, 5.41) is 2.41. The first-order valence-corrected chi connectivity index (χ1v) is 7.03. The van der Waals surface area contributed by atoms with Crippen LogP contribution in [0.5, 0.6) is 5.75 Å². The number of rotatable bonds is 2. The van der Waals surface area contributed by atoms with Gasteiger partial charge in [-0.25, -0.2) is 9.59 Å². The van der Waals surface area contributed by atoms with E-state index in [9.17, 15) is 9.59 Å². The van der Waals surface area contributed by atoms with E-state index in [0.29, 0.717) is 32.8 Å². The van der Waals surface area contributed by atoms with Crippen molar-refractivity contribution in [2.24, 2.45) is 0 Å². The van der Waals surface area contributed by atoms with Crippen LogP contribution < -0.4 is 16.1 Å². The quantitative estimate of drug-likeness (QED) is 0.447. The number of fused-ring (bicyclic) bond motifs is 1. The fourth-order valence-electron chi connectivity index (χ4n) is 2.02. The number of nitrogen functional groups attached to an aromatic ring is 1. The van der Waals surface area contributed by atoms with E-state index in [0.717, 1.165) is 0 Å². The summed E-state index contributed by atoms with van der Waals surface area (Å²) in [5.74, 6) is -0.103. The number of esters is 1. The number of aryl methyl sites for hydroxylation is 1. The molecule has 3 aromatic rings. The van der Waals surface area contributed by atoms with E-state index in [1.54, 1.807) is 36.6 Å². The monoisotopic (exact) mass is 301 g/mol. The van der Waals surface area contributed by atoms with Gasteiger partial charge < -0.3 is 14.9 Å². The van der Waals surface area contributed by atoms with Crippen molar-refractivity contribution in [1.82, 2.24) is 0 Å². The largest absolute Gasteiger partial charge is 0.422 e. The van der Waals surface area contributed by atoms with Crippen LogP contribution in [0.15, 0.2) is 44.9 Å². The zero-order chi connectivity index (χ0) is 15.0. The van der Waals surface area contributed by atoms with Gasteiger partial charge in [0.25, 0.3) is 0 Å². The zero-order valence-electron chi connectivity index (χ0n) is 11.1. The van der Waals surface area contributed by atoms with Gasteiger partial charge in [0.2, 0.25) is 0 Å². The third-order valence-corrected chi connectivity index (χ3v) is 3.92. The van der Waals surface area contributed by atoms with Crippen LogP contribution in [0.25, 0.3) is 11.0 Å². The van der Waals surface area contributed by atoms with Gasteiger partial charge in [0.05, 0.1) is 0 Å². The van der Waals surface area contributed by atoms with Crippen LogP contribution in [0.1, 0.15) is 15.2 Å². The molecule has 0 aliphatic heterocycles. The van der Waals surface area contributed by atoms with Crippen LogP contribution in [-0.2, 0) is 0 Å². The van der Waals surface area contributed by atoms with Gasteiger partial charge in [0.15, 0.2) is 0 Å². The summed E-state index contributed by atoms with van der Waals surface area (Å²) in [7, 11) is 0. The molecule has 2 aromatic heterocycles. The van der Waals surface area contributed by atoms with E-state index in [2.05, 4.69) is 0 Å². The summed E-state index contributed by atoms with van der Waals surface area (Å²) in [5.41, 5.74) is 6.47. The molecule has 0 fully saturated rings. The average Bonchev–Trinajstić information content (AvgIpc) is 2.96. The van der Waals surface area contributed by atoms with Crippen LogP contribution in [0.4, 0.5) is 5.69 Å². The lowest BCUT2D eigenvalue weighted by Gasteiger charge is -2.09. The van der Waals surface area contributed by atoms with E-state index in [-0.39, 0.29) is 0 Å². The molecular formula is C15H11NO4S. The highest BCUT2D eigenvalue weighted by Gasteiger charge is 2.15. The topological polar surface area (TPSA) is 82.5 Å². The molecule has 0 spiro atoms. The number of hydrogen-bond donors (Lipinski definition) is 1. The van der Waals surface area contributed by atoms with Gasteiger partial charge in [-0.1, -0.05) is 6.07 Å². The number of ether oxygens (including phenoxy) is 1. The SMILES string of the molecule is Cc1c(OC(=O)c2cccs2)ccc2c(N)cc(=O)oc12. The molecule has 5 nitrogen and oxygen atoms in total. The highest BCUT2D eigenvalue weighted by molar-refractivity contribution is 7.12. The minimum atomic E-state index is -0.537. The molecule has 0 bridgehead atoms. The molecular weight excluding hydrogens is 290 g/mol. The Morgan fingerprint density at radius 2 is 2.14 bits per heavy atom. The third-order valence-electron chi connectivity index (χ3n) is 3.07. The number of benzene rings is 1. The maximum absolute atomic E-state index is 12.0. The molecule has 0 atom stereocenters. The molecule has 6 heteroatoms. The van der Waals surface area contributed by atoms with Crippen LogP contribution in [0, 0.1) is 6.92 Å². The van der Waals surface area contributed by atoms with Crippen molar-refractivity contribution in [3.63, 3.8) is 0 Å². The van der Waals surface area contributed by atoms with Crippen molar-refractivity contribution in [3.8, 4) is 5.75 Å². The second-order valence-corrected chi connectivity index (χ2v) is 5.40. The molecule has 0 radical (unpaired) electrons. The lowest BCUT2D eigenvalue weighted by molar-refractivity contribution is 0.0739. The van der Waals surface area contributed by atoms with Crippen molar-refractivity contribution in [2.45, 2.75) is 6.92 Å². The van der Waals surface area contributed by atoms with E-state index >= 15 is 0 Å². The molecule has 21 heavy (non-hydrogen) atoms. The minimum Gasteiger partial charge on any atom is -0.422 e. The summed E-state index contributed by atoms with van der Waals surface area (Å²) < 4.78 is 10.5. The molecule has 2 N–H and O–H groups in total. The highest BCUT2D eigenvalue weighted by atomic mass is 32.1. The smallest absolute Gasteiger partial charge is 0.353 e. The number of hydrogen-bond acceptors (Lipinski definition) is 6. The minimum absolute atomic E-state index is 0.330. The Bertz CT molecular complexity index is 881. The first-order valence-electron chi connectivity index (χ1n) is 6.15. The summed E-state index contributed by atoms with van der Waals surface area (Å²) in [6.07, 6.45) is 0. The summed E-state index contributed by atoms with van der Waals surface area (Å²) in [4.78, 5) is 23.9. The number of carbonyl (C=O) groups is 1. The Morgan fingerprint density at radius 3 is 2.86 bits per heavy atom. The van der Waals surface area contributed by atoms with Crippen LogP contribution in [0.2, 0.25) is 0 Å². The Hall–Kier alpha value is -2.60. The lowest BCUT2D eigenvalue weighted by atomic mass is 10.1. The van der Waals surface area contributed by atoms with Crippen LogP contribution in [-0.4, -0.2) is 5.97 Å². The van der Waals surface area contributed by atoms with Crippen LogP contribution in [0.3, 0.4) is 0 Å². The summed E-state index contributed by atoms with van der Waals surface area (Å²) in [6.45, 7) is 1.71. The first kappa shape index (κ1) is 13.4. The van der Waals surface area contributed by atoms with Crippen molar-refractivity contribution in [3.05, 3.63) is 56.6 Å².